The standard InChI is InChI=1S/C12H14BrCl2NO4S/c1-7(3-4-20-2)16-12(17)9-5-8(13)6-10(11(9)14)21(15,18)19/h5-7H,3-4H2,1-2H3,(H,16,17). The highest BCUT2D eigenvalue weighted by molar-refractivity contribution is 9.10. The van der Waals surface area contributed by atoms with Crippen LogP contribution in [-0.4, -0.2) is 34.1 Å². The summed E-state index contributed by atoms with van der Waals surface area (Å²) >= 11 is 9.11. The number of amides is 1. The van der Waals surface area contributed by atoms with Crippen molar-refractivity contribution in [3.63, 3.8) is 0 Å². The van der Waals surface area contributed by atoms with E-state index < -0.39 is 15.0 Å². The molecule has 0 aromatic heterocycles. The molecule has 1 aromatic carbocycles. The normalized spacial score (nSPS) is 13.0. The molecule has 0 heterocycles. The van der Waals surface area contributed by atoms with E-state index in [0.717, 1.165) is 0 Å². The number of nitrogens with one attached hydrogen (secondary N) is 1. The molecule has 1 unspecified atom stereocenters. The van der Waals surface area contributed by atoms with Crippen molar-refractivity contribution >= 4 is 53.2 Å². The first kappa shape index (κ1) is 18.7. The minimum atomic E-state index is -4.04. The van der Waals surface area contributed by atoms with Gasteiger partial charge in [-0.1, -0.05) is 27.5 Å². The second kappa shape index (κ2) is 7.78. The van der Waals surface area contributed by atoms with Crippen molar-refractivity contribution in [1.29, 1.82) is 0 Å². The molecular weight excluding hydrogens is 405 g/mol. The Balaban J connectivity index is 3.08. The molecule has 118 valence electrons. The molecule has 0 spiro atoms. The Morgan fingerprint density at radius 3 is 2.62 bits per heavy atom. The lowest BCUT2D eigenvalue weighted by Gasteiger charge is -2.15. The van der Waals surface area contributed by atoms with E-state index in [1.165, 1.54) is 12.1 Å². The zero-order valence-electron chi connectivity index (χ0n) is 11.3. The van der Waals surface area contributed by atoms with Gasteiger partial charge < -0.3 is 10.1 Å². The minimum Gasteiger partial charge on any atom is -0.385 e. The summed E-state index contributed by atoms with van der Waals surface area (Å²) < 4.78 is 28.2. The predicted octanol–water partition coefficient (Wildman–Crippen LogP) is 3.18. The maximum Gasteiger partial charge on any atom is 0.262 e. The molecule has 0 saturated carbocycles. The fraction of sp³-hybridized carbons (Fsp3) is 0.417. The maximum absolute atomic E-state index is 12.2. The highest BCUT2D eigenvalue weighted by atomic mass is 79.9. The number of halogens is 3. The zero-order valence-corrected chi connectivity index (χ0v) is 15.2. The van der Waals surface area contributed by atoms with Crippen molar-refractivity contribution in [1.82, 2.24) is 5.32 Å². The molecule has 21 heavy (non-hydrogen) atoms. The number of methoxy groups -OCH3 is 1. The molecule has 1 rings (SSSR count). The molecule has 1 aromatic rings. The molecule has 0 aliphatic heterocycles. The fourth-order valence-electron chi connectivity index (χ4n) is 1.58. The summed E-state index contributed by atoms with van der Waals surface area (Å²) in [4.78, 5) is 11.9. The summed E-state index contributed by atoms with van der Waals surface area (Å²) in [5.41, 5.74) is 0.0366. The third kappa shape index (κ3) is 5.41. The van der Waals surface area contributed by atoms with E-state index >= 15 is 0 Å². The second-order valence-electron chi connectivity index (χ2n) is 4.36. The van der Waals surface area contributed by atoms with Crippen LogP contribution < -0.4 is 5.32 Å². The van der Waals surface area contributed by atoms with Crippen LogP contribution in [0.15, 0.2) is 21.5 Å². The van der Waals surface area contributed by atoms with E-state index in [4.69, 9.17) is 27.0 Å². The molecule has 0 bridgehead atoms. The van der Waals surface area contributed by atoms with Gasteiger partial charge in [-0.25, -0.2) is 8.42 Å². The molecule has 0 saturated heterocycles. The molecule has 0 aliphatic carbocycles. The molecule has 0 fully saturated rings. The number of rotatable bonds is 6. The molecule has 1 N–H and O–H groups in total. The first-order valence-electron chi connectivity index (χ1n) is 5.90. The molecular formula is C12H14BrCl2NO4S. The Morgan fingerprint density at radius 1 is 1.48 bits per heavy atom. The highest BCUT2D eigenvalue weighted by Crippen LogP contribution is 2.31. The molecule has 1 atom stereocenters. The topological polar surface area (TPSA) is 72.5 Å². The summed E-state index contributed by atoms with van der Waals surface area (Å²) in [5, 5.41) is 2.51. The van der Waals surface area contributed by atoms with Gasteiger partial charge >= 0.3 is 0 Å². The largest absolute Gasteiger partial charge is 0.385 e. The van der Waals surface area contributed by atoms with Crippen molar-refractivity contribution in [3.8, 4) is 0 Å². The van der Waals surface area contributed by atoms with Crippen LogP contribution in [0.2, 0.25) is 5.02 Å². The number of carbonyl (C=O) groups is 1. The number of hydrogen-bond acceptors (Lipinski definition) is 4. The lowest BCUT2D eigenvalue weighted by molar-refractivity contribution is 0.0929. The quantitative estimate of drug-likeness (QED) is 0.720. The van der Waals surface area contributed by atoms with Crippen molar-refractivity contribution in [2.45, 2.75) is 24.3 Å². The molecule has 0 aliphatic rings. The Morgan fingerprint density at radius 2 is 2.10 bits per heavy atom. The van der Waals surface area contributed by atoms with Gasteiger partial charge in [-0.2, -0.15) is 0 Å². The van der Waals surface area contributed by atoms with Gasteiger partial charge in [0.05, 0.1) is 10.6 Å². The van der Waals surface area contributed by atoms with Crippen LogP contribution in [0, 0.1) is 0 Å². The van der Waals surface area contributed by atoms with Gasteiger partial charge in [0.25, 0.3) is 15.0 Å². The maximum atomic E-state index is 12.2. The third-order valence-electron chi connectivity index (χ3n) is 2.64. The molecule has 0 radical (unpaired) electrons. The van der Waals surface area contributed by atoms with Crippen LogP contribution in [0.1, 0.15) is 23.7 Å². The summed E-state index contributed by atoms with van der Waals surface area (Å²) in [6.45, 7) is 2.30. The lowest BCUT2D eigenvalue weighted by Crippen LogP contribution is -2.33. The van der Waals surface area contributed by atoms with Crippen LogP contribution >= 0.6 is 38.2 Å². The summed E-state index contributed by atoms with van der Waals surface area (Å²) in [7, 11) is 2.83. The first-order chi connectivity index (χ1) is 9.66. The number of benzene rings is 1. The Labute approximate surface area is 141 Å². The fourth-order valence-corrected chi connectivity index (χ4v) is 3.76. The van der Waals surface area contributed by atoms with Gasteiger partial charge in [-0.3, -0.25) is 4.79 Å². The van der Waals surface area contributed by atoms with Gasteiger partial charge in [0.1, 0.15) is 4.90 Å². The van der Waals surface area contributed by atoms with Crippen LogP contribution in [-0.2, 0) is 13.8 Å². The van der Waals surface area contributed by atoms with Gasteiger partial charge in [0.2, 0.25) is 0 Å². The summed E-state index contributed by atoms with van der Waals surface area (Å²) in [6, 6.07) is 2.53. The van der Waals surface area contributed by atoms with Crippen molar-refractivity contribution in [3.05, 3.63) is 27.2 Å². The zero-order chi connectivity index (χ0) is 16.2. The average molecular weight is 419 g/mol. The summed E-state index contributed by atoms with van der Waals surface area (Å²) in [6.07, 6.45) is 0.620. The minimum absolute atomic E-state index is 0.0366. The highest BCUT2D eigenvalue weighted by Gasteiger charge is 2.22. The number of ether oxygens (including phenoxy) is 1. The SMILES string of the molecule is COCCC(C)NC(=O)c1cc(Br)cc(S(=O)(=O)Cl)c1Cl. The monoisotopic (exact) mass is 417 g/mol. The number of carbonyl (C=O) groups excluding carboxylic acids is 1. The van der Waals surface area contributed by atoms with E-state index in [0.29, 0.717) is 17.5 Å². The van der Waals surface area contributed by atoms with Crippen LogP contribution in [0.5, 0.6) is 0 Å². The van der Waals surface area contributed by atoms with Crippen molar-refractivity contribution < 1.29 is 17.9 Å². The first-order valence-corrected chi connectivity index (χ1v) is 9.38. The van der Waals surface area contributed by atoms with Crippen LogP contribution in [0.25, 0.3) is 0 Å². The van der Waals surface area contributed by atoms with Crippen LogP contribution in [0.4, 0.5) is 0 Å². The summed E-state index contributed by atoms with van der Waals surface area (Å²) in [5.74, 6) is -0.480. The Bertz CT molecular complexity index is 636. The van der Waals surface area contributed by atoms with Gasteiger partial charge in [-0.15, -0.1) is 0 Å². The second-order valence-corrected chi connectivity index (χ2v) is 8.19. The van der Waals surface area contributed by atoms with Gasteiger partial charge in [0, 0.05) is 34.9 Å². The van der Waals surface area contributed by atoms with Crippen molar-refractivity contribution in [2.24, 2.45) is 0 Å². The van der Waals surface area contributed by atoms with Crippen LogP contribution in [0.3, 0.4) is 0 Å². The van der Waals surface area contributed by atoms with Gasteiger partial charge in [0.15, 0.2) is 0 Å². The van der Waals surface area contributed by atoms with E-state index in [9.17, 15) is 13.2 Å². The van der Waals surface area contributed by atoms with E-state index in [-0.39, 0.29) is 21.5 Å². The van der Waals surface area contributed by atoms with E-state index in [1.54, 1.807) is 7.11 Å². The van der Waals surface area contributed by atoms with Crippen molar-refractivity contribution in [2.75, 3.05) is 13.7 Å². The Kier molecular flexibility index (Phi) is 6.93. The lowest BCUT2D eigenvalue weighted by atomic mass is 10.2. The third-order valence-corrected chi connectivity index (χ3v) is 4.97. The van der Waals surface area contributed by atoms with Gasteiger partial charge in [-0.05, 0) is 25.5 Å². The predicted molar refractivity (Wildman–Crippen MR) is 85.6 cm³/mol. The molecule has 1 amide bonds. The smallest absolute Gasteiger partial charge is 0.262 e. The van der Waals surface area contributed by atoms with E-state index in [1.807, 2.05) is 6.92 Å². The Hall–Kier alpha value is -0.340. The molecule has 5 nitrogen and oxygen atoms in total. The average Bonchev–Trinajstić information content (AvgIpc) is 2.37. The number of hydrogen-bond donors (Lipinski definition) is 1. The molecule has 9 heteroatoms. The van der Waals surface area contributed by atoms with E-state index in [2.05, 4.69) is 21.2 Å².